The van der Waals surface area contributed by atoms with Crippen LogP contribution in [0.3, 0.4) is 0 Å². The van der Waals surface area contributed by atoms with Crippen LogP contribution in [0.2, 0.25) is 0 Å². The fraction of sp³-hybridized carbons (Fsp3) is 1.00. The number of hydrogen-bond donors (Lipinski definition) is 1. The van der Waals surface area contributed by atoms with Gasteiger partial charge in [-0.1, -0.05) is 33.6 Å². The van der Waals surface area contributed by atoms with Crippen molar-refractivity contribution < 1.29 is 4.74 Å². The van der Waals surface area contributed by atoms with E-state index in [2.05, 4.69) is 33.0 Å². The molecule has 2 nitrogen and oxygen atoms in total. The Kier molecular flexibility index (Phi) is 7.92. The molecule has 1 aliphatic carbocycles. The quantitative estimate of drug-likeness (QED) is 0.637. The first-order chi connectivity index (χ1) is 8.74. The highest BCUT2D eigenvalue weighted by atomic mass is 16.5. The summed E-state index contributed by atoms with van der Waals surface area (Å²) in [5.74, 6) is 1.75. The van der Waals surface area contributed by atoms with E-state index >= 15 is 0 Å². The second-order valence-electron chi connectivity index (χ2n) is 5.79. The molecule has 1 rings (SSSR count). The largest absolute Gasteiger partial charge is 0.378 e. The fourth-order valence-electron chi connectivity index (χ4n) is 3.23. The minimum Gasteiger partial charge on any atom is -0.378 e. The maximum Gasteiger partial charge on any atom is 0.0580 e. The average Bonchev–Trinajstić information content (AvgIpc) is 2.34. The highest BCUT2D eigenvalue weighted by Gasteiger charge is 2.32. The molecule has 18 heavy (non-hydrogen) atoms. The molecular formula is C16H33NO. The van der Waals surface area contributed by atoms with Crippen molar-refractivity contribution in [1.82, 2.24) is 5.32 Å². The molecule has 1 unspecified atom stereocenters. The highest BCUT2D eigenvalue weighted by Crippen LogP contribution is 2.35. The summed E-state index contributed by atoms with van der Waals surface area (Å²) in [7, 11) is 0. The van der Waals surface area contributed by atoms with Crippen LogP contribution in [0.1, 0.15) is 66.2 Å². The van der Waals surface area contributed by atoms with Crippen LogP contribution in [0.4, 0.5) is 0 Å². The molecule has 0 amide bonds. The average molecular weight is 255 g/mol. The first-order valence-electron chi connectivity index (χ1n) is 8.09. The third-order valence-electron chi connectivity index (χ3n) is 4.46. The smallest absolute Gasteiger partial charge is 0.0580 e. The Morgan fingerprint density at radius 2 is 1.78 bits per heavy atom. The molecule has 0 spiro atoms. The molecule has 1 saturated carbocycles. The Morgan fingerprint density at radius 1 is 1.11 bits per heavy atom. The summed E-state index contributed by atoms with van der Waals surface area (Å²) in [5, 5.41) is 3.78. The molecule has 108 valence electrons. The lowest BCUT2D eigenvalue weighted by molar-refractivity contribution is -0.0308. The summed E-state index contributed by atoms with van der Waals surface area (Å²) in [5.41, 5.74) is 0. The molecule has 1 aliphatic rings. The van der Waals surface area contributed by atoms with Gasteiger partial charge in [0.05, 0.1) is 6.10 Å². The Morgan fingerprint density at radius 3 is 2.28 bits per heavy atom. The lowest BCUT2D eigenvalue weighted by atomic mass is 9.75. The van der Waals surface area contributed by atoms with E-state index < -0.39 is 0 Å². The van der Waals surface area contributed by atoms with E-state index in [1.165, 1.54) is 45.1 Å². The van der Waals surface area contributed by atoms with Gasteiger partial charge in [0.2, 0.25) is 0 Å². The minimum atomic E-state index is 0.563. The van der Waals surface area contributed by atoms with E-state index in [0.717, 1.165) is 24.5 Å². The SMILES string of the molecule is CCCNC(CC1CC(OCC)C1)C(CC)CC. The van der Waals surface area contributed by atoms with Gasteiger partial charge < -0.3 is 10.1 Å². The van der Waals surface area contributed by atoms with E-state index in [1.54, 1.807) is 0 Å². The number of hydrogen-bond acceptors (Lipinski definition) is 2. The molecule has 0 aromatic heterocycles. The summed E-state index contributed by atoms with van der Waals surface area (Å²) in [6.07, 6.45) is 8.35. The molecule has 0 bridgehead atoms. The van der Waals surface area contributed by atoms with E-state index in [-0.39, 0.29) is 0 Å². The maximum absolute atomic E-state index is 5.66. The first-order valence-corrected chi connectivity index (χ1v) is 8.09. The van der Waals surface area contributed by atoms with Gasteiger partial charge in [-0.25, -0.2) is 0 Å². The molecular weight excluding hydrogens is 222 g/mol. The van der Waals surface area contributed by atoms with E-state index in [0.29, 0.717) is 6.10 Å². The molecule has 0 aromatic carbocycles. The second-order valence-corrected chi connectivity index (χ2v) is 5.79. The van der Waals surface area contributed by atoms with Gasteiger partial charge in [0.1, 0.15) is 0 Å². The second kappa shape index (κ2) is 8.92. The lowest BCUT2D eigenvalue weighted by Gasteiger charge is -2.39. The third kappa shape index (κ3) is 4.89. The topological polar surface area (TPSA) is 21.3 Å². The van der Waals surface area contributed by atoms with Crippen molar-refractivity contribution >= 4 is 0 Å². The molecule has 0 aliphatic heterocycles. The van der Waals surface area contributed by atoms with Gasteiger partial charge in [-0.05, 0) is 51.0 Å². The molecule has 1 fully saturated rings. The number of rotatable bonds is 10. The first kappa shape index (κ1) is 16.0. The molecule has 0 heterocycles. The van der Waals surface area contributed by atoms with Gasteiger partial charge in [0.15, 0.2) is 0 Å². The van der Waals surface area contributed by atoms with Gasteiger partial charge in [0.25, 0.3) is 0 Å². The van der Waals surface area contributed by atoms with E-state index in [1.807, 2.05) is 0 Å². The van der Waals surface area contributed by atoms with Crippen LogP contribution in [-0.2, 0) is 4.74 Å². The molecule has 1 atom stereocenters. The van der Waals surface area contributed by atoms with Crippen molar-refractivity contribution in [1.29, 1.82) is 0 Å². The minimum absolute atomic E-state index is 0.563. The van der Waals surface area contributed by atoms with Crippen molar-refractivity contribution in [2.45, 2.75) is 78.4 Å². The van der Waals surface area contributed by atoms with Crippen LogP contribution in [0, 0.1) is 11.8 Å². The lowest BCUT2D eigenvalue weighted by Crippen LogP contribution is -2.42. The summed E-state index contributed by atoms with van der Waals surface area (Å²) < 4.78 is 5.66. The maximum atomic E-state index is 5.66. The Labute approximate surface area is 114 Å². The van der Waals surface area contributed by atoms with Crippen LogP contribution in [0.25, 0.3) is 0 Å². The van der Waals surface area contributed by atoms with Crippen molar-refractivity contribution in [3.8, 4) is 0 Å². The Balaban J connectivity index is 2.32. The zero-order chi connectivity index (χ0) is 13.4. The van der Waals surface area contributed by atoms with Crippen LogP contribution < -0.4 is 5.32 Å². The number of ether oxygens (including phenoxy) is 1. The predicted molar refractivity (Wildman–Crippen MR) is 78.9 cm³/mol. The third-order valence-corrected chi connectivity index (χ3v) is 4.46. The zero-order valence-electron chi connectivity index (χ0n) is 12.9. The molecule has 0 aromatic rings. The van der Waals surface area contributed by atoms with E-state index in [9.17, 15) is 0 Å². The molecule has 1 N–H and O–H groups in total. The fourth-order valence-corrected chi connectivity index (χ4v) is 3.23. The van der Waals surface area contributed by atoms with Crippen LogP contribution >= 0.6 is 0 Å². The van der Waals surface area contributed by atoms with Gasteiger partial charge in [0, 0.05) is 12.6 Å². The Bertz CT molecular complexity index is 197. The summed E-state index contributed by atoms with van der Waals surface area (Å²) in [6, 6.07) is 0.729. The normalized spacial score (nSPS) is 25.2. The van der Waals surface area contributed by atoms with Crippen molar-refractivity contribution in [3.63, 3.8) is 0 Å². The summed E-state index contributed by atoms with van der Waals surface area (Å²) in [6.45, 7) is 11.1. The van der Waals surface area contributed by atoms with Crippen molar-refractivity contribution in [2.24, 2.45) is 11.8 Å². The zero-order valence-corrected chi connectivity index (χ0v) is 12.9. The summed E-state index contributed by atoms with van der Waals surface area (Å²) >= 11 is 0. The van der Waals surface area contributed by atoms with Gasteiger partial charge in [-0.3, -0.25) is 0 Å². The van der Waals surface area contributed by atoms with Crippen LogP contribution in [-0.4, -0.2) is 25.3 Å². The monoisotopic (exact) mass is 255 g/mol. The molecule has 0 saturated heterocycles. The van der Waals surface area contributed by atoms with Gasteiger partial charge in [-0.15, -0.1) is 0 Å². The summed E-state index contributed by atoms with van der Waals surface area (Å²) in [4.78, 5) is 0. The number of nitrogens with one attached hydrogen (secondary N) is 1. The molecule has 2 heteroatoms. The Hall–Kier alpha value is -0.0800. The van der Waals surface area contributed by atoms with Crippen LogP contribution in [0.15, 0.2) is 0 Å². The molecule has 0 radical (unpaired) electrons. The standard InChI is InChI=1S/C16H33NO/c1-5-9-17-16(14(6-2)7-3)12-13-10-15(11-13)18-8-4/h13-17H,5-12H2,1-4H3. The predicted octanol–water partition coefficient (Wildman–Crippen LogP) is 4.00. The van der Waals surface area contributed by atoms with Crippen LogP contribution in [0.5, 0.6) is 0 Å². The van der Waals surface area contributed by atoms with Crippen molar-refractivity contribution in [2.75, 3.05) is 13.2 Å². The van der Waals surface area contributed by atoms with Gasteiger partial charge >= 0.3 is 0 Å². The van der Waals surface area contributed by atoms with Gasteiger partial charge in [-0.2, -0.15) is 0 Å². The van der Waals surface area contributed by atoms with Crippen molar-refractivity contribution in [3.05, 3.63) is 0 Å². The highest BCUT2D eigenvalue weighted by molar-refractivity contribution is 4.86. The van der Waals surface area contributed by atoms with E-state index in [4.69, 9.17) is 4.74 Å².